The monoisotopic (exact) mass is 308 g/mol. The van der Waals surface area contributed by atoms with Gasteiger partial charge in [-0.05, 0) is 0 Å². The summed E-state index contributed by atoms with van der Waals surface area (Å²) in [6, 6.07) is 0. The molecule has 1 fully saturated rings. The van der Waals surface area contributed by atoms with E-state index in [0.29, 0.717) is 24.4 Å². The van der Waals surface area contributed by atoms with Crippen LogP contribution in [0.4, 0.5) is 0 Å². The fourth-order valence-corrected chi connectivity index (χ4v) is 3.90. The zero-order valence-electron chi connectivity index (χ0n) is 9.70. The molecule has 8 nitrogen and oxygen atoms in total. The molecule has 1 aromatic rings. The van der Waals surface area contributed by atoms with Crippen LogP contribution in [0.1, 0.15) is 16.9 Å². The predicted molar refractivity (Wildman–Crippen MR) is 64.6 cm³/mol. The second kappa shape index (κ2) is 5.13. The SMILES string of the molecule is O=C(O)c1ncsc1S(=O)(=O)NCC1(O)CCOC1. The largest absolute Gasteiger partial charge is 0.476 e. The number of carboxylic acid groups (broad SMARTS) is 1. The molecule has 0 spiro atoms. The highest BCUT2D eigenvalue weighted by Crippen LogP contribution is 2.22. The van der Waals surface area contributed by atoms with E-state index in [9.17, 15) is 18.3 Å². The maximum absolute atomic E-state index is 12.0. The Morgan fingerprint density at radius 1 is 1.63 bits per heavy atom. The number of rotatable bonds is 5. The second-order valence-electron chi connectivity index (χ2n) is 4.15. The summed E-state index contributed by atoms with van der Waals surface area (Å²) in [6.07, 6.45) is 0.323. The van der Waals surface area contributed by atoms with Crippen molar-refractivity contribution < 1.29 is 28.2 Å². The Labute approximate surface area is 113 Å². The van der Waals surface area contributed by atoms with E-state index >= 15 is 0 Å². The van der Waals surface area contributed by atoms with Gasteiger partial charge < -0.3 is 14.9 Å². The topological polar surface area (TPSA) is 126 Å². The van der Waals surface area contributed by atoms with E-state index in [2.05, 4.69) is 9.71 Å². The Morgan fingerprint density at radius 3 is 2.95 bits per heavy atom. The van der Waals surface area contributed by atoms with Crippen LogP contribution in [0.5, 0.6) is 0 Å². The van der Waals surface area contributed by atoms with Gasteiger partial charge in [0.1, 0.15) is 5.60 Å². The quantitative estimate of drug-likeness (QED) is 0.654. The molecule has 10 heteroatoms. The first-order valence-corrected chi connectivity index (χ1v) is 7.67. The van der Waals surface area contributed by atoms with E-state index in [1.54, 1.807) is 0 Å². The standard InChI is InChI=1S/C9H12N2O6S2/c12-7(13)6-8(18-5-10-6)19(15,16)11-3-9(14)1-2-17-4-9/h5,11,14H,1-4H2,(H,12,13). The van der Waals surface area contributed by atoms with Crippen LogP contribution in [0.3, 0.4) is 0 Å². The summed E-state index contributed by atoms with van der Waals surface area (Å²) in [5.74, 6) is -1.41. The number of carboxylic acids is 1. The molecule has 0 saturated carbocycles. The average molecular weight is 308 g/mol. The average Bonchev–Trinajstić information content (AvgIpc) is 2.96. The first-order valence-electron chi connectivity index (χ1n) is 5.31. The van der Waals surface area contributed by atoms with E-state index in [-0.39, 0.29) is 17.4 Å². The number of nitrogens with one attached hydrogen (secondary N) is 1. The minimum absolute atomic E-state index is 0.0456. The van der Waals surface area contributed by atoms with Crippen molar-refractivity contribution in [2.24, 2.45) is 0 Å². The molecule has 19 heavy (non-hydrogen) atoms. The van der Waals surface area contributed by atoms with Gasteiger partial charge in [0.05, 0.1) is 12.1 Å². The number of aromatic nitrogens is 1. The van der Waals surface area contributed by atoms with Crippen LogP contribution in [-0.4, -0.2) is 54.9 Å². The van der Waals surface area contributed by atoms with Gasteiger partial charge in [-0.2, -0.15) is 0 Å². The highest BCUT2D eigenvalue weighted by molar-refractivity contribution is 7.91. The molecular formula is C9H12N2O6S2. The van der Waals surface area contributed by atoms with Gasteiger partial charge in [-0.25, -0.2) is 22.9 Å². The smallest absolute Gasteiger partial charge is 0.356 e. The lowest BCUT2D eigenvalue weighted by Gasteiger charge is -2.20. The molecule has 0 bridgehead atoms. The summed E-state index contributed by atoms with van der Waals surface area (Å²) in [4.78, 5) is 14.3. The fraction of sp³-hybridized carbons (Fsp3) is 0.556. The minimum Gasteiger partial charge on any atom is -0.476 e. The second-order valence-corrected chi connectivity index (χ2v) is 6.96. The molecule has 1 aliphatic rings. The number of nitrogens with zero attached hydrogens (tertiary/aromatic N) is 1. The molecule has 1 saturated heterocycles. The molecule has 106 valence electrons. The Bertz CT molecular complexity index is 575. The van der Waals surface area contributed by atoms with Gasteiger partial charge >= 0.3 is 5.97 Å². The number of ether oxygens (including phenoxy) is 1. The molecule has 1 aliphatic heterocycles. The zero-order chi connectivity index (χ0) is 14.1. The fourth-order valence-electron chi connectivity index (χ4n) is 1.60. The molecule has 0 aromatic carbocycles. The van der Waals surface area contributed by atoms with Crippen LogP contribution < -0.4 is 4.72 Å². The molecular weight excluding hydrogens is 296 g/mol. The van der Waals surface area contributed by atoms with Crippen molar-refractivity contribution in [3.63, 3.8) is 0 Å². The number of sulfonamides is 1. The lowest BCUT2D eigenvalue weighted by molar-refractivity contribution is 0.0315. The number of hydrogen-bond acceptors (Lipinski definition) is 7. The summed E-state index contributed by atoms with van der Waals surface area (Å²) in [5.41, 5.74) is -0.626. The van der Waals surface area contributed by atoms with Crippen LogP contribution in [0.25, 0.3) is 0 Å². The van der Waals surface area contributed by atoms with Crippen molar-refractivity contribution in [2.45, 2.75) is 16.2 Å². The zero-order valence-corrected chi connectivity index (χ0v) is 11.3. The van der Waals surface area contributed by atoms with Crippen LogP contribution in [0, 0.1) is 0 Å². The number of aliphatic hydroxyl groups is 1. The van der Waals surface area contributed by atoms with Crippen molar-refractivity contribution in [1.29, 1.82) is 0 Å². The van der Waals surface area contributed by atoms with E-state index in [1.807, 2.05) is 0 Å². The highest BCUT2D eigenvalue weighted by Gasteiger charge is 2.35. The van der Waals surface area contributed by atoms with Gasteiger partial charge in [-0.1, -0.05) is 0 Å². The van der Waals surface area contributed by atoms with E-state index in [1.165, 1.54) is 0 Å². The number of carbonyl (C=O) groups is 1. The van der Waals surface area contributed by atoms with Crippen molar-refractivity contribution >= 4 is 27.3 Å². The van der Waals surface area contributed by atoms with Gasteiger partial charge in [0.2, 0.25) is 0 Å². The molecule has 0 aliphatic carbocycles. The highest BCUT2D eigenvalue weighted by atomic mass is 32.2. The van der Waals surface area contributed by atoms with Crippen molar-refractivity contribution in [3.05, 3.63) is 11.2 Å². The number of hydrogen-bond donors (Lipinski definition) is 3. The molecule has 2 rings (SSSR count). The summed E-state index contributed by atoms with van der Waals surface area (Å²) < 4.78 is 30.7. The third kappa shape index (κ3) is 3.09. The third-order valence-electron chi connectivity index (χ3n) is 2.66. The van der Waals surface area contributed by atoms with Crippen molar-refractivity contribution in [2.75, 3.05) is 19.8 Å². The van der Waals surface area contributed by atoms with Gasteiger partial charge in [0, 0.05) is 19.6 Å². The van der Waals surface area contributed by atoms with Gasteiger partial charge in [-0.3, -0.25) is 0 Å². The van der Waals surface area contributed by atoms with Crippen molar-refractivity contribution in [1.82, 2.24) is 9.71 Å². The normalized spacial score (nSPS) is 23.6. The van der Waals surface area contributed by atoms with Gasteiger partial charge in [-0.15, -0.1) is 11.3 Å². The maximum Gasteiger partial charge on any atom is 0.356 e. The number of thiazole rings is 1. The Hall–Kier alpha value is -1.07. The van der Waals surface area contributed by atoms with Crippen LogP contribution in [-0.2, 0) is 14.8 Å². The van der Waals surface area contributed by atoms with E-state index in [0.717, 1.165) is 5.51 Å². The molecule has 2 heterocycles. The lowest BCUT2D eigenvalue weighted by atomic mass is 10.1. The van der Waals surface area contributed by atoms with Crippen molar-refractivity contribution in [3.8, 4) is 0 Å². The van der Waals surface area contributed by atoms with Crippen LogP contribution in [0.15, 0.2) is 9.72 Å². The first kappa shape index (κ1) is 14.3. The number of aromatic carboxylic acids is 1. The molecule has 3 N–H and O–H groups in total. The molecule has 1 aromatic heterocycles. The first-order chi connectivity index (χ1) is 8.84. The summed E-state index contributed by atoms with van der Waals surface area (Å²) in [5, 5.41) is 18.8. The van der Waals surface area contributed by atoms with Crippen LogP contribution >= 0.6 is 11.3 Å². The van der Waals surface area contributed by atoms with Gasteiger partial charge in [0.25, 0.3) is 10.0 Å². The Balaban J connectivity index is 2.14. The van der Waals surface area contributed by atoms with Crippen LogP contribution in [0.2, 0.25) is 0 Å². The molecule has 0 radical (unpaired) electrons. The minimum atomic E-state index is -4.01. The summed E-state index contributed by atoms with van der Waals surface area (Å²) >= 11 is 0.711. The summed E-state index contributed by atoms with van der Waals surface area (Å²) in [7, 11) is -4.01. The predicted octanol–water partition coefficient (Wildman–Crippen LogP) is -0.729. The molecule has 1 atom stereocenters. The maximum atomic E-state index is 12.0. The third-order valence-corrected chi connectivity index (χ3v) is 5.43. The van der Waals surface area contributed by atoms with E-state index in [4.69, 9.17) is 9.84 Å². The molecule has 1 unspecified atom stereocenters. The van der Waals surface area contributed by atoms with Gasteiger partial charge in [0.15, 0.2) is 9.90 Å². The Morgan fingerprint density at radius 2 is 2.37 bits per heavy atom. The summed E-state index contributed by atoms with van der Waals surface area (Å²) in [6.45, 7) is 0.176. The van der Waals surface area contributed by atoms with E-state index < -0.39 is 27.3 Å². The Kier molecular flexibility index (Phi) is 3.87. The molecule has 0 amide bonds. The lowest BCUT2D eigenvalue weighted by Crippen LogP contribution is -2.43.